The highest BCUT2D eigenvalue weighted by atomic mass is 15.5. The second kappa shape index (κ2) is 10.1. The van der Waals surface area contributed by atoms with Crippen LogP contribution in [0.5, 0.6) is 0 Å². The summed E-state index contributed by atoms with van der Waals surface area (Å²) in [5.74, 6) is 1.56. The van der Waals surface area contributed by atoms with Gasteiger partial charge in [0.2, 0.25) is 5.82 Å². The minimum atomic E-state index is -0.423. The number of unbranched alkanes of at least 4 members (excludes halogenated alkanes) is 1. The van der Waals surface area contributed by atoms with Crippen LogP contribution in [0, 0.1) is 22.7 Å². The normalized spacial score (nSPS) is 16.1. The van der Waals surface area contributed by atoms with Crippen LogP contribution < -0.4 is 0 Å². The molecule has 180 valence electrons. The highest BCUT2D eigenvalue weighted by Gasteiger charge is 2.47. The Hall–Kier alpha value is -4.30. The number of amidine groups is 1. The van der Waals surface area contributed by atoms with Crippen LogP contribution in [0.4, 0.5) is 0 Å². The van der Waals surface area contributed by atoms with Gasteiger partial charge in [0.05, 0.1) is 5.70 Å². The maximum absolute atomic E-state index is 9.82. The Balaban J connectivity index is 1.48. The summed E-state index contributed by atoms with van der Waals surface area (Å²) in [6, 6.07) is 20.7. The van der Waals surface area contributed by atoms with E-state index in [0.29, 0.717) is 12.4 Å². The molecule has 36 heavy (non-hydrogen) atoms. The van der Waals surface area contributed by atoms with Crippen molar-refractivity contribution in [1.82, 2.24) is 25.5 Å². The molecule has 0 saturated heterocycles. The summed E-state index contributed by atoms with van der Waals surface area (Å²) < 4.78 is 0. The predicted molar refractivity (Wildman–Crippen MR) is 137 cm³/mol. The van der Waals surface area contributed by atoms with Crippen molar-refractivity contribution in [3.05, 3.63) is 65.4 Å². The number of aromatic amines is 1. The van der Waals surface area contributed by atoms with Gasteiger partial charge in [0.15, 0.2) is 5.57 Å². The van der Waals surface area contributed by atoms with E-state index in [9.17, 15) is 10.5 Å². The number of allylic oxidation sites excluding steroid dienone is 1. The minimum absolute atomic E-state index is 0.192. The molecule has 8 nitrogen and oxygen atoms in total. The number of aromatic nitrogens is 4. The fourth-order valence-corrected chi connectivity index (χ4v) is 5.42. The highest BCUT2D eigenvalue weighted by molar-refractivity contribution is 5.88. The van der Waals surface area contributed by atoms with Gasteiger partial charge in [-0.2, -0.15) is 15.7 Å². The maximum atomic E-state index is 9.82. The lowest BCUT2D eigenvalue weighted by Gasteiger charge is -2.29. The number of benzene rings is 2. The standard InChI is InChI=1S/C28H28N8/c1-2-3-10-25-31-28(15-6-7-16-28)26(22(17-29)18-30)36(25)19-20-11-13-21(14-12-20)23-8-4-5-9-24(23)27-32-34-35-33-27/h4-5,8-9,11-14H,2-3,6-7,10,15-16,19H2,1H3,(H,32,33,34,35). The lowest BCUT2D eigenvalue weighted by atomic mass is 9.91. The topological polar surface area (TPSA) is 118 Å². The Morgan fingerprint density at radius 1 is 1.03 bits per heavy atom. The van der Waals surface area contributed by atoms with E-state index in [1.807, 2.05) is 24.3 Å². The van der Waals surface area contributed by atoms with Crippen LogP contribution in [-0.2, 0) is 6.54 Å². The summed E-state index contributed by atoms with van der Waals surface area (Å²) in [5.41, 5.74) is 4.67. The van der Waals surface area contributed by atoms with Crippen molar-refractivity contribution < 1.29 is 0 Å². The third kappa shape index (κ3) is 4.27. The van der Waals surface area contributed by atoms with Crippen molar-refractivity contribution in [2.24, 2.45) is 4.99 Å². The number of nitrogens with one attached hydrogen (secondary N) is 1. The average Bonchev–Trinajstić information content (AvgIpc) is 3.67. The summed E-state index contributed by atoms with van der Waals surface area (Å²) >= 11 is 0. The first-order valence-electron chi connectivity index (χ1n) is 12.5. The Morgan fingerprint density at radius 3 is 2.39 bits per heavy atom. The predicted octanol–water partition coefficient (Wildman–Crippen LogP) is 5.55. The second-order valence-electron chi connectivity index (χ2n) is 9.38. The average molecular weight is 477 g/mol. The van der Waals surface area contributed by atoms with Crippen molar-refractivity contribution in [2.45, 2.75) is 64.0 Å². The molecule has 1 N–H and O–H groups in total. The summed E-state index contributed by atoms with van der Waals surface area (Å²) in [5, 5.41) is 34.1. The minimum Gasteiger partial charge on any atom is -0.325 e. The van der Waals surface area contributed by atoms with Crippen molar-refractivity contribution >= 4 is 5.84 Å². The molecule has 0 atom stereocenters. The van der Waals surface area contributed by atoms with E-state index in [4.69, 9.17) is 4.99 Å². The van der Waals surface area contributed by atoms with Gasteiger partial charge in [0.25, 0.3) is 0 Å². The number of rotatable bonds is 7. The van der Waals surface area contributed by atoms with E-state index in [2.05, 4.69) is 68.9 Å². The van der Waals surface area contributed by atoms with Gasteiger partial charge < -0.3 is 4.90 Å². The zero-order chi connectivity index (χ0) is 25.0. The van der Waals surface area contributed by atoms with E-state index < -0.39 is 5.54 Å². The summed E-state index contributed by atoms with van der Waals surface area (Å²) in [4.78, 5) is 7.36. The lowest BCUT2D eigenvalue weighted by Crippen LogP contribution is -2.33. The van der Waals surface area contributed by atoms with E-state index >= 15 is 0 Å². The van der Waals surface area contributed by atoms with Crippen LogP contribution >= 0.6 is 0 Å². The van der Waals surface area contributed by atoms with Crippen LogP contribution in [0.2, 0.25) is 0 Å². The Labute approximate surface area is 211 Å². The molecular weight excluding hydrogens is 448 g/mol. The van der Waals surface area contributed by atoms with Gasteiger partial charge in [-0.3, -0.25) is 4.99 Å². The third-order valence-corrected chi connectivity index (χ3v) is 7.13. The fourth-order valence-electron chi connectivity index (χ4n) is 5.42. The molecule has 2 aliphatic rings. The third-order valence-electron chi connectivity index (χ3n) is 7.13. The molecule has 0 unspecified atom stereocenters. The Kier molecular flexibility index (Phi) is 6.60. The number of nitriles is 2. The first-order valence-corrected chi connectivity index (χ1v) is 12.5. The van der Waals surface area contributed by atoms with Crippen molar-refractivity contribution in [3.63, 3.8) is 0 Å². The largest absolute Gasteiger partial charge is 0.325 e. The van der Waals surface area contributed by atoms with Crippen LogP contribution in [0.15, 0.2) is 64.8 Å². The van der Waals surface area contributed by atoms with E-state index in [1.54, 1.807) is 0 Å². The highest BCUT2D eigenvalue weighted by Crippen LogP contribution is 2.47. The number of H-pyrrole nitrogens is 1. The van der Waals surface area contributed by atoms with Crippen LogP contribution in [-0.4, -0.2) is 36.9 Å². The molecule has 3 aromatic rings. The second-order valence-corrected chi connectivity index (χ2v) is 9.38. The van der Waals surface area contributed by atoms with Gasteiger partial charge in [0.1, 0.15) is 23.5 Å². The summed E-state index contributed by atoms with van der Waals surface area (Å²) in [6.45, 7) is 2.75. The molecule has 0 bridgehead atoms. The van der Waals surface area contributed by atoms with Crippen molar-refractivity contribution in [3.8, 4) is 34.7 Å². The number of nitrogens with zero attached hydrogens (tertiary/aromatic N) is 7. The van der Waals surface area contributed by atoms with Gasteiger partial charge in [-0.05, 0) is 41.2 Å². The number of aliphatic imine (C=N–C) groups is 1. The Bertz CT molecular complexity index is 1350. The van der Waals surface area contributed by atoms with Crippen LogP contribution in [0.25, 0.3) is 22.5 Å². The van der Waals surface area contributed by atoms with Crippen molar-refractivity contribution in [2.75, 3.05) is 0 Å². The molecule has 1 saturated carbocycles. The van der Waals surface area contributed by atoms with Gasteiger partial charge in [-0.1, -0.05) is 74.7 Å². The van der Waals surface area contributed by atoms with Gasteiger partial charge in [0, 0.05) is 18.5 Å². The number of hydrogen-bond donors (Lipinski definition) is 1. The molecular formula is C28H28N8. The molecule has 2 aromatic carbocycles. The number of hydrogen-bond acceptors (Lipinski definition) is 7. The quantitative estimate of drug-likeness (QED) is 0.447. The zero-order valence-corrected chi connectivity index (χ0v) is 20.4. The van der Waals surface area contributed by atoms with E-state index in [-0.39, 0.29) is 5.57 Å². The first-order chi connectivity index (χ1) is 17.7. The molecule has 1 aliphatic carbocycles. The van der Waals surface area contributed by atoms with Crippen molar-refractivity contribution in [1.29, 1.82) is 10.5 Å². The summed E-state index contributed by atoms with van der Waals surface area (Å²) in [7, 11) is 0. The molecule has 1 aliphatic heterocycles. The van der Waals surface area contributed by atoms with Crippen LogP contribution in [0.3, 0.4) is 0 Å². The molecule has 5 rings (SSSR count). The van der Waals surface area contributed by atoms with E-state index in [1.165, 1.54) is 0 Å². The molecule has 0 amide bonds. The SMILES string of the molecule is CCCCC1=NC2(CCCC2)C(=C(C#N)C#N)N1Cc1ccc(-c2ccccc2-c2nn[nH]n2)cc1. The monoisotopic (exact) mass is 476 g/mol. The van der Waals surface area contributed by atoms with Crippen LogP contribution in [0.1, 0.15) is 57.4 Å². The zero-order valence-electron chi connectivity index (χ0n) is 20.4. The molecule has 0 radical (unpaired) electrons. The van der Waals surface area contributed by atoms with Gasteiger partial charge >= 0.3 is 0 Å². The fraction of sp³-hybridized carbons (Fsp3) is 0.357. The maximum Gasteiger partial charge on any atom is 0.205 e. The van der Waals surface area contributed by atoms with E-state index in [0.717, 1.165) is 78.7 Å². The van der Waals surface area contributed by atoms with Gasteiger partial charge in [-0.25, -0.2) is 0 Å². The molecule has 1 spiro atoms. The Morgan fingerprint density at radius 2 is 1.75 bits per heavy atom. The molecule has 2 heterocycles. The summed E-state index contributed by atoms with van der Waals surface area (Å²) in [6.07, 6.45) is 6.87. The molecule has 1 aromatic heterocycles. The smallest absolute Gasteiger partial charge is 0.205 e. The number of tetrazole rings is 1. The first kappa shape index (κ1) is 23.4. The molecule has 1 fully saturated rings. The van der Waals surface area contributed by atoms with Gasteiger partial charge in [-0.15, -0.1) is 10.2 Å². The molecule has 8 heteroatoms. The lowest BCUT2D eigenvalue weighted by molar-refractivity contribution is 0.419.